The lowest BCUT2D eigenvalue weighted by Gasteiger charge is -2.13. The van der Waals surface area contributed by atoms with Crippen LogP contribution >= 0.6 is 0 Å². The van der Waals surface area contributed by atoms with Crippen molar-refractivity contribution in [1.82, 2.24) is 9.97 Å². The van der Waals surface area contributed by atoms with Crippen LogP contribution in [0.3, 0.4) is 0 Å². The third kappa shape index (κ3) is 5.28. The normalized spacial score (nSPS) is 11.6. The minimum Gasteiger partial charge on any atom is -0.452 e. The van der Waals surface area contributed by atoms with Crippen LogP contribution in [0.4, 0.5) is 0 Å². The molecule has 9 aromatic carbocycles. The van der Waals surface area contributed by atoms with Crippen molar-refractivity contribution in [2.75, 3.05) is 0 Å². The maximum Gasteiger partial charge on any atom is 0.180 e. The van der Waals surface area contributed by atoms with Gasteiger partial charge in [0.2, 0.25) is 0 Å². The van der Waals surface area contributed by atoms with E-state index in [0.29, 0.717) is 11.4 Å². The smallest absolute Gasteiger partial charge is 0.180 e. The van der Waals surface area contributed by atoms with E-state index in [-0.39, 0.29) is 0 Å². The van der Waals surface area contributed by atoms with Gasteiger partial charge in [-0.15, -0.1) is 0 Å². The maximum atomic E-state index is 6.51. The molecule has 2 heterocycles. The van der Waals surface area contributed by atoms with Crippen molar-refractivity contribution in [2.24, 2.45) is 0 Å². The first-order valence-corrected chi connectivity index (χ1v) is 18.6. The highest BCUT2D eigenvalue weighted by molar-refractivity contribution is 6.25. The Hall–Kier alpha value is -7.36. The van der Waals surface area contributed by atoms with Gasteiger partial charge in [-0.25, -0.2) is 9.97 Å². The van der Waals surface area contributed by atoms with Crippen LogP contribution in [-0.2, 0) is 0 Å². The molecule has 0 saturated carbocycles. The first kappa shape index (κ1) is 31.2. The largest absolute Gasteiger partial charge is 0.452 e. The average molecular weight is 701 g/mol. The first-order valence-electron chi connectivity index (χ1n) is 18.6. The third-order valence-corrected chi connectivity index (χ3v) is 10.9. The Morgan fingerprint density at radius 2 is 0.727 bits per heavy atom. The van der Waals surface area contributed by atoms with Gasteiger partial charge in [-0.3, -0.25) is 0 Å². The number of aromatic nitrogens is 2. The number of furan rings is 1. The van der Waals surface area contributed by atoms with Gasteiger partial charge in [-0.1, -0.05) is 164 Å². The Balaban J connectivity index is 1.00. The molecule has 0 unspecified atom stereocenters. The molecule has 11 rings (SSSR count). The van der Waals surface area contributed by atoms with Crippen LogP contribution in [0, 0.1) is 0 Å². The molecule has 2 aromatic heterocycles. The molecule has 0 bridgehead atoms. The van der Waals surface area contributed by atoms with Gasteiger partial charge < -0.3 is 4.42 Å². The van der Waals surface area contributed by atoms with E-state index in [1.165, 1.54) is 49.0 Å². The Morgan fingerprint density at radius 1 is 0.291 bits per heavy atom. The zero-order chi connectivity index (χ0) is 36.3. The molecular weight excluding hydrogens is 669 g/mol. The summed E-state index contributed by atoms with van der Waals surface area (Å²) in [6.07, 6.45) is 0. The minimum atomic E-state index is 0.676. The van der Waals surface area contributed by atoms with Crippen molar-refractivity contribution in [2.45, 2.75) is 0 Å². The van der Waals surface area contributed by atoms with Crippen LogP contribution in [0.1, 0.15) is 0 Å². The lowest BCUT2D eigenvalue weighted by atomic mass is 9.91. The van der Waals surface area contributed by atoms with Crippen LogP contribution in [0.2, 0.25) is 0 Å². The van der Waals surface area contributed by atoms with E-state index >= 15 is 0 Å². The van der Waals surface area contributed by atoms with Gasteiger partial charge in [-0.05, 0) is 96.0 Å². The van der Waals surface area contributed by atoms with E-state index in [4.69, 9.17) is 14.4 Å². The Bertz CT molecular complexity index is 3220. The zero-order valence-corrected chi connectivity index (χ0v) is 29.8. The van der Waals surface area contributed by atoms with Crippen LogP contribution in [-0.4, -0.2) is 9.97 Å². The topological polar surface area (TPSA) is 38.9 Å². The zero-order valence-electron chi connectivity index (χ0n) is 29.8. The van der Waals surface area contributed by atoms with Gasteiger partial charge >= 0.3 is 0 Å². The Morgan fingerprint density at radius 3 is 1.31 bits per heavy atom. The summed E-state index contributed by atoms with van der Waals surface area (Å²) in [5.74, 6) is 0.676. The van der Waals surface area contributed by atoms with Crippen LogP contribution in [0.5, 0.6) is 0 Å². The van der Waals surface area contributed by atoms with Gasteiger partial charge in [0.25, 0.3) is 0 Å². The Kier molecular flexibility index (Phi) is 7.17. The number of fused-ring (bicyclic) bond motifs is 9. The number of nitrogens with zero attached hydrogens (tertiary/aromatic N) is 2. The van der Waals surface area contributed by atoms with E-state index < -0.39 is 0 Å². The summed E-state index contributed by atoms with van der Waals surface area (Å²) >= 11 is 0. The maximum absolute atomic E-state index is 6.51. The SMILES string of the molecule is c1ccc(-c2nc(-c3ccccc3)c3oc4ccc(-c5cccc(-c6cccc(-c7ccc8c9ccccc9c9ccccc9c8c7)c6)c5)cc4c3n2)cc1. The van der Waals surface area contributed by atoms with Gasteiger partial charge in [0.1, 0.15) is 16.8 Å². The van der Waals surface area contributed by atoms with Crippen molar-refractivity contribution in [3.05, 3.63) is 194 Å². The molecule has 0 atom stereocenters. The lowest BCUT2D eigenvalue weighted by Crippen LogP contribution is -1.93. The van der Waals surface area contributed by atoms with Crippen molar-refractivity contribution < 1.29 is 4.42 Å². The molecule has 55 heavy (non-hydrogen) atoms. The van der Waals surface area contributed by atoms with Gasteiger partial charge in [0, 0.05) is 16.5 Å². The van der Waals surface area contributed by atoms with Crippen LogP contribution in [0.25, 0.3) is 110 Å². The third-order valence-electron chi connectivity index (χ3n) is 10.9. The standard InChI is InChI=1S/C52H32N2O/c1-3-13-33(14-4-1)49-51-50(54-52(53-49)34-15-5-2-6-16-34)47-32-40(26-28-48(47)55-51)38-20-12-18-36(30-38)35-17-11-19-37(29-35)39-25-27-45-43-23-8-7-21-41(43)42-22-9-10-24-44(42)46(45)31-39/h1-32H. The average Bonchev–Trinajstić information content (AvgIpc) is 3.65. The molecule has 0 aliphatic rings. The molecule has 3 nitrogen and oxygen atoms in total. The van der Waals surface area contributed by atoms with E-state index in [9.17, 15) is 0 Å². The van der Waals surface area contributed by atoms with Crippen molar-refractivity contribution in [1.29, 1.82) is 0 Å². The summed E-state index contributed by atoms with van der Waals surface area (Å²) in [5, 5.41) is 8.67. The molecule has 0 aliphatic carbocycles. The van der Waals surface area contributed by atoms with Crippen molar-refractivity contribution in [3.8, 4) is 56.0 Å². The second-order valence-corrected chi connectivity index (χ2v) is 14.1. The highest BCUT2D eigenvalue weighted by atomic mass is 16.3. The van der Waals surface area contributed by atoms with E-state index in [1.807, 2.05) is 48.5 Å². The molecule has 0 N–H and O–H groups in total. The molecule has 0 spiro atoms. The molecule has 256 valence electrons. The van der Waals surface area contributed by atoms with Gasteiger partial charge in [-0.2, -0.15) is 0 Å². The molecule has 0 aliphatic heterocycles. The van der Waals surface area contributed by atoms with Crippen LogP contribution in [0.15, 0.2) is 199 Å². The molecule has 0 saturated heterocycles. The minimum absolute atomic E-state index is 0.676. The van der Waals surface area contributed by atoms with E-state index in [0.717, 1.165) is 50.0 Å². The summed E-state index contributed by atoms with van der Waals surface area (Å²) in [4.78, 5) is 10.1. The number of rotatable bonds is 5. The predicted octanol–water partition coefficient (Wildman–Crippen LogP) is 14.2. The highest BCUT2D eigenvalue weighted by Gasteiger charge is 2.19. The molecule has 0 amide bonds. The number of benzene rings is 9. The number of hydrogen-bond acceptors (Lipinski definition) is 3. The fourth-order valence-corrected chi connectivity index (χ4v) is 8.18. The van der Waals surface area contributed by atoms with E-state index in [2.05, 4.69) is 146 Å². The van der Waals surface area contributed by atoms with Gasteiger partial charge in [0.05, 0.1) is 0 Å². The Labute approximate surface area is 317 Å². The fraction of sp³-hybridized carbons (Fsp3) is 0. The molecule has 0 radical (unpaired) electrons. The predicted molar refractivity (Wildman–Crippen MR) is 229 cm³/mol. The first-order chi connectivity index (χ1) is 27.2. The second kappa shape index (κ2) is 12.6. The quantitative estimate of drug-likeness (QED) is 0.168. The lowest BCUT2D eigenvalue weighted by molar-refractivity contribution is 0.667. The molecule has 11 aromatic rings. The second-order valence-electron chi connectivity index (χ2n) is 14.1. The molecular formula is C52H32N2O. The van der Waals surface area contributed by atoms with E-state index in [1.54, 1.807) is 0 Å². The monoisotopic (exact) mass is 700 g/mol. The fourth-order valence-electron chi connectivity index (χ4n) is 8.18. The molecule has 0 fully saturated rings. The number of hydrogen-bond donors (Lipinski definition) is 0. The summed E-state index contributed by atoms with van der Waals surface area (Å²) < 4.78 is 6.51. The van der Waals surface area contributed by atoms with Gasteiger partial charge in [0.15, 0.2) is 11.4 Å². The van der Waals surface area contributed by atoms with Crippen LogP contribution < -0.4 is 0 Å². The summed E-state index contributed by atoms with van der Waals surface area (Å²) in [6, 6.07) is 68.8. The van der Waals surface area contributed by atoms with Crippen molar-refractivity contribution >= 4 is 54.4 Å². The van der Waals surface area contributed by atoms with Crippen molar-refractivity contribution in [3.63, 3.8) is 0 Å². The summed E-state index contributed by atoms with van der Waals surface area (Å²) in [7, 11) is 0. The summed E-state index contributed by atoms with van der Waals surface area (Å²) in [6.45, 7) is 0. The molecule has 3 heteroatoms. The highest BCUT2D eigenvalue weighted by Crippen LogP contribution is 2.40. The summed E-state index contributed by atoms with van der Waals surface area (Å²) in [5.41, 5.74) is 12.0.